The Kier molecular flexibility index (Phi) is 2.33. The summed E-state index contributed by atoms with van der Waals surface area (Å²) in [6, 6.07) is 0. The average Bonchev–Trinajstić information content (AvgIpc) is 2.18. The average molecular weight is 212 g/mol. The molecular formula is C8H6ClN3S. The normalized spacial score (nSPS) is 10.6. The molecule has 5 heteroatoms. The topological polar surface area (TPSA) is 38.7 Å². The van der Waals surface area contributed by atoms with E-state index in [2.05, 4.69) is 15.0 Å². The smallest absolute Gasteiger partial charge is 0.187 e. The molecule has 0 saturated heterocycles. The van der Waals surface area contributed by atoms with Crippen LogP contribution in [0, 0.1) is 0 Å². The van der Waals surface area contributed by atoms with E-state index in [1.54, 1.807) is 18.6 Å². The van der Waals surface area contributed by atoms with Gasteiger partial charge in [-0.3, -0.25) is 4.98 Å². The molecule has 0 aromatic carbocycles. The maximum Gasteiger partial charge on any atom is 0.187 e. The van der Waals surface area contributed by atoms with Crippen molar-refractivity contribution in [3.8, 4) is 0 Å². The summed E-state index contributed by atoms with van der Waals surface area (Å²) < 4.78 is 0. The lowest BCUT2D eigenvalue weighted by molar-refractivity contribution is 1.00. The van der Waals surface area contributed by atoms with E-state index in [1.165, 1.54) is 11.8 Å². The number of rotatable bonds is 1. The second-order valence-corrected chi connectivity index (χ2v) is 3.60. The quantitative estimate of drug-likeness (QED) is 0.536. The van der Waals surface area contributed by atoms with Gasteiger partial charge in [0.2, 0.25) is 0 Å². The van der Waals surface area contributed by atoms with E-state index in [-0.39, 0.29) is 0 Å². The number of nitrogens with zero attached hydrogens (tertiary/aromatic N) is 3. The van der Waals surface area contributed by atoms with Crippen LogP contribution in [0.1, 0.15) is 0 Å². The monoisotopic (exact) mass is 211 g/mol. The van der Waals surface area contributed by atoms with E-state index < -0.39 is 0 Å². The van der Waals surface area contributed by atoms with Gasteiger partial charge >= 0.3 is 0 Å². The van der Waals surface area contributed by atoms with E-state index >= 15 is 0 Å². The maximum absolute atomic E-state index is 5.92. The lowest BCUT2D eigenvalue weighted by atomic mass is 10.3. The van der Waals surface area contributed by atoms with Crippen LogP contribution in [-0.2, 0) is 0 Å². The first-order chi connectivity index (χ1) is 6.31. The van der Waals surface area contributed by atoms with E-state index in [0.29, 0.717) is 5.02 Å². The second-order valence-electron chi connectivity index (χ2n) is 2.42. The fraction of sp³-hybridized carbons (Fsp3) is 0.125. The minimum atomic E-state index is 0.565. The molecule has 0 bridgehead atoms. The number of hydrogen-bond acceptors (Lipinski definition) is 4. The molecule has 0 atom stereocenters. The first-order valence-electron chi connectivity index (χ1n) is 3.61. The minimum Gasteiger partial charge on any atom is -0.262 e. The van der Waals surface area contributed by atoms with Crippen molar-refractivity contribution in [2.24, 2.45) is 0 Å². The molecule has 0 saturated carbocycles. The summed E-state index contributed by atoms with van der Waals surface area (Å²) in [5.41, 5.74) is 0.760. The van der Waals surface area contributed by atoms with Crippen LogP contribution < -0.4 is 0 Å². The Morgan fingerprint density at radius 1 is 1.31 bits per heavy atom. The lowest BCUT2D eigenvalue weighted by Gasteiger charge is -1.99. The fourth-order valence-corrected chi connectivity index (χ4v) is 1.55. The third kappa shape index (κ3) is 1.59. The van der Waals surface area contributed by atoms with Crippen molar-refractivity contribution in [3.63, 3.8) is 0 Å². The molecule has 0 amide bonds. The summed E-state index contributed by atoms with van der Waals surface area (Å²) in [7, 11) is 0. The van der Waals surface area contributed by atoms with Crippen LogP contribution in [0.2, 0.25) is 5.02 Å². The zero-order chi connectivity index (χ0) is 9.26. The van der Waals surface area contributed by atoms with Gasteiger partial charge in [0, 0.05) is 24.0 Å². The summed E-state index contributed by atoms with van der Waals surface area (Å²) >= 11 is 7.42. The molecule has 2 aromatic rings. The van der Waals surface area contributed by atoms with Crippen LogP contribution in [0.15, 0.2) is 23.7 Å². The molecule has 0 spiro atoms. The molecule has 0 unspecified atom stereocenters. The highest BCUT2D eigenvalue weighted by Crippen LogP contribution is 2.20. The molecule has 2 aromatic heterocycles. The van der Waals surface area contributed by atoms with E-state index in [4.69, 9.17) is 11.6 Å². The molecule has 2 rings (SSSR count). The highest BCUT2D eigenvalue weighted by atomic mass is 35.5. The number of aromatic nitrogens is 3. The van der Waals surface area contributed by atoms with E-state index in [9.17, 15) is 0 Å². The van der Waals surface area contributed by atoms with E-state index in [0.717, 1.165) is 16.1 Å². The molecule has 0 radical (unpaired) electrons. The standard InChI is InChI=1S/C8H6ClN3S/c1-13-8-11-3-5-2-10-4-6(9)7(5)12-8/h2-4H,1H3. The van der Waals surface area contributed by atoms with Crippen LogP contribution in [0.3, 0.4) is 0 Å². The summed E-state index contributed by atoms with van der Waals surface area (Å²) in [4.78, 5) is 12.3. The molecule has 0 aliphatic carbocycles. The Morgan fingerprint density at radius 2 is 2.15 bits per heavy atom. The van der Waals surface area contributed by atoms with Crippen LogP contribution in [0.5, 0.6) is 0 Å². The highest BCUT2D eigenvalue weighted by Gasteiger charge is 2.02. The molecule has 13 heavy (non-hydrogen) atoms. The van der Waals surface area contributed by atoms with Gasteiger partial charge in [-0.05, 0) is 6.26 Å². The Hall–Kier alpha value is -0.870. The van der Waals surface area contributed by atoms with Crippen molar-refractivity contribution < 1.29 is 0 Å². The molecule has 2 heterocycles. The molecule has 66 valence electrons. The predicted octanol–water partition coefficient (Wildman–Crippen LogP) is 2.40. The van der Waals surface area contributed by atoms with Gasteiger partial charge in [0.05, 0.1) is 10.5 Å². The summed E-state index contributed by atoms with van der Waals surface area (Å²) in [5, 5.41) is 2.15. The predicted molar refractivity (Wildman–Crippen MR) is 54.1 cm³/mol. The SMILES string of the molecule is CSc1ncc2cncc(Cl)c2n1. The van der Waals surface area contributed by atoms with Crippen LogP contribution in [-0.4, -0.2) is 21.2 Å². The minimum absolute atomic E-state index is 0.565. The highest BCUT2D eigenvalue weighted by molar-refractivity contribution is 7.98. The third-order valence-electron chi connectivity index (χ3n) is 1.61. The van der Waals surface area contributed by atoms with Crippen molar-refractivity contribution in [1.29, 1.82) is 0 Å². The van der Waals surface area contributed by atoms with Crippen LogP contribution in [0.4, 0.5) is 0 Å². The Labute approximate surface area is 84.6 Å². The molecular weight excluding hydrogens is 206 g/mol. The van der Waals surface area contributed by atoms with Gasteiger partial charge in [0.1, 0.15) is 0 Å². The maximum atomic E-state index is 5.92. The van der Waals surface area contributed by atoms with Gasteiger partial charge in [-0.25, -0.2) is 9.97 Å². The summed E-state index contributed by atoms with van der Waals surface area (Å²) in [6.07, 6.45) is 6.94. The zero-order valence-electron chi connectivity index (χ0n) is 6.86. The van der Waals surface area contributed by atoms with Crippen molar-refractivity contribution in [3.05, 3.63) is 23.6 Å². The molecule has 0 aliphatic rings. The van der Waals surface area contributed by atoms with Gasteiger partial charge < -0.3 is 0 Å². The Balaban J connectivity index is 2.74. The molecule has 0 aliphatic heterocycles. The zero-order valence-corrected chi connectivity index (χ0v) is 8.43. The molecule has 0 N–H and O–H groups in total. The number of halogens is 1. The number of hydrogen-bond donors (Lipinski definition) is 0. The second kappa shape index (κ2) is 3.47. The number of pyridine rings is 1. The first-order valence-corrected chi connectivity index (χ1v) is 5.22. The van der Waals surface area contributed by atoms with Crippen molar-refractivity contribution in [2.75, 3.05) is 6.26 Å². The van der Waals surface area contributed by atoms with Gasteiger partial charge in [-0.2, -0.15) is 0 Å². The summed E-state index contributed by atoms with van der Waals surface area (Å²) in [5.74, 6) is 0. The molecule has 0 fully saturated rings. The fourth-order valence-electron chi connectivity index (χ4n) is 1.00. The van der Waals surface area contributed by atoms with Crippen molar-refractivity contribution in [1.82, 2.24) is 15.0 Å². The van der Waals surface area contributed by atoms with Crippen molar-refractivity contribution >= 4 is 34.3 Å². The lowest BCUT2D eigenvalue weighted by Crippen LogP contribution is -1.88. The van der Waals surface area contributed by atoms with Gasteiger partial charge in [0.25, 0.3) is 0 Å². The van der Waals surface area contributed by atoms with Gasteiger partial charge in [-0.1, -0.05) is 23.4 Å². The first kappa shape index (κ1) is 8.72. The van der Waals surface area contributed by atoms with Gasteiger partial charge in [0.15, 0.2) is 5.16 Å². The van der Waals surface area contributed by atoms with Crippen LogP contribution >= 0.6 is 23.4 Å². The summed E-state index contributed by atoms with van der Waals surface area (Å²) in [6.45, 7) is 0. The third-order valence-corrected chi connectivity index (χ3v) is 2.44. The Morgan fingerprint density at radius 3 is 2.92 bits per heavy atom. The van der Waals surface area contributed by atoms with Crippen molar-refractivity contribution in [2.45, 2.75) is 5.16 Å². The molecule has 3 nitrogen and oxygen atoms in total. The van der Waals surface area contributed by atoms with Crippen LogP contribution in [0.25, 0.3) is 10.9 Å². The number of fused-ring (bicyclic) bond motifs is 1. The van der Waals surface area contributed by atoms with Gasteiger partial charge in [-0.15, -0.1) is 0 Å². The van der Waals surface area contributed by atoms with E-state index in [1.807, 2.05) is 6.26 Å². The number of thioether (sulfide) groups is 1. The Bertz CT molecular complexity index is 446. The largest absolute Gasteiger partial charge is 0.262 e.